The lowest BCUT2D eigenvalue weighted by molar-refractivity contribution is 0.0792. The third-order valence-electron chi connectivity index (χ3n) is 8.08. The van der Waals surface area contributed by atoms with Crippen molar-refractivity contribution in [1.29, 1.82) is 5.41 Å². The van der Waals surface area contributed by atoms with Crippen molar-refractivity contribution in [2.75, 3.05) is 13.1 Å². The number of carbonyl (C=O) groups excluding carboxylic acids is 2. The second-order valence-electron chi connectivity index (χ2n) is 11.1. The number of amides is 2. The van der Waals surface area contributed by atoms with Crippen molar-refractivity contribution in [3.05, 3.63) is 136 Å². The minimum Gasteiger partial charge on any atom is -0.489 e. The molecule has 226 valence electrons. The number of nitrogens with one attached hydrogen (secondary N) is 2. The van der Waals surface area contributed by atoms with Crippen LogP contribution in [-0.2, 0) is 6.61 Å². The molecule has 4 N–H and O–H groups in total. The van der Waals surface area contributed by atoms with E-state index >= 15 is 0 Å². The predicted molar refractivity (Wildman–Crippen MR) is 173 cm³/mol. The maximum Gasteiger partial charge on any atom is 0.256 e. The Kier molecular flexibility index (Phi) is 8.61. The molecule has 2 heterocycles. The van der Waals surface area contributed by atoms with Gasteiger partial charge in [0.25, 0.3) is 11.8 Å². The van der Waals surface area contributed by atoms with E-state index in [1.54, 1.807) is 42.5 Å². The minimum absolute atomic E-state index is 0.0109. The molecule has 1 aliphatic rings. The summed E-state index contributed by atoms with van der Waals surface area (Å²) in [4.78, 5) is 37.0. The Balaban J connectivity index is 1.36. The van der Waals surface area contributed by atoms with Crippen molar-refractivity contribution in [2.45, 2.75) is 32.4 Å². The second kappa shape index (κ2) is 13.1. The van der Waals surface area contributed by atoms with E-state index in [9.17, 15) is 9.59 Å². The molecule has 1 aliphatic heterocycles. The molecule has 1 aromatic heterocycles. The quantitative estimate of drug-likeness (QED) is 0.158. The van der Waals surface area contributed by atoms with Crippen molar-refractivity contribution in [1.82, 2.24) is 20.2 Å². The average Bonchev–Trinajstić information content (AvgIpc) is 3.62. The van der Waals surface area contributed by atoms with Crippen LogP contribution in [0.15, 0.2) is 97.3 Å². The first-order valence-electron chi connectivity index (χ1n) is 14.9. The molecule has 9 nitrogen and oxygen atoms in total. The monoisotopic (exact) mass is 598 g/mol. The van der Waals surface area contributed by atoms with E-state index in [-0.39, 0.29) is 17.6 Å². The molecule has 6 rings (SSSR count). The molecule has 2 amide bonds. The zero-order valence-corrected chi connectivity index (χ0v) is 25.0. The van der Waals surface area contributed by atoms with Gasteiger partial charge in [0.05, 0.1) is 17.3 Å². The Hall–Kier alpha value is -5.41. The highest BCUT2D eigenvalue weighted by Gasteiger charge is 2.24. The summed E-state index contributed by atoms with van der Waals surface area (Å²) >= 11 is 0. The van der Waals surface area contributed by atoms with E-state index < -0.39 is 6.04 Å². The normalized spacial score (nSPS) is 13.4. The van der Waals surface area contributed by atoms with Crippen LogP contribution in [0.1, 0.15) is 67.5 Å². The molecule has 0 radical (unpaired) electrons. The summed E-state index contributed by atoms with van der Waals surface area (Å²) in [6.07, 6.45) is 3.48. The number of ether oxygens (including phenoxy) is 1. The fourth-order valence-corrected chi connectivity index (χ4v) is 5.61. The smallest absolute Gasteiger partial charge is 0.256 e. The van der Waals surface area contributed by atoms with Gasteiger partial charge in [0.2, 0.25) is 0 Å². The van der Waals surface area contributed by atoms with Crippen LogP contribution >= 0.6 is 0 Å². The number of benzene rings is 4. The summed E-state index contributed by atoms with van der Waals surface area (Å²) in [7, 11) is 0. The summed E-state index contributed by atoms with van der Waals surface area (Å²) in [6, 6.07) is 26.8. The van der Waals surface area contributed by atoms with Crippen LogP contribution in [0.5, 0.6) is 5.75 Å². The van der Waals surface area contributed by atoms with Crippen molar-refractivity contribution in [3.8, 4) is 5.75 Å². The summed E-state index contributed by atoms with van der Waals surface area (Å²) in [6.45, 7) is 3.75. The van der Waals surface area contributed by atoms with Gasteiger partial charge in [-0.15, -0.1) is 0 Å². The molecule has 45 heavy (non-hydrogen) atoms. The Bertz CT molecular complexity index is 1870. The number of carbonyl (C=O) groups is 2. The second-order valence-corrected chi connectivity index (χ2v) is 11.1. The molecule has 0 bridgehead atoms. The zero-order valence-electron chi connectivity index (χ0n) is 25.0. The van der Waals surface area contributed by atoms with Crippen LogP contribution in [0.3, 0.4) is 0 Å². The molecule has 1 atom stereocenters. The van der Waals surface area contributed by atoms with Crippen LogP contribution in [0.4, 0.5) is 0 Å². The molecule has 1 fully saturated rings. The highest BCUT2D eigenvalue weighted by molar-refractivity contribution is 6.11. The van der Waals surface area contributed by atoms with Gasteiger partial charge in [-0.3, -0.25) is 15.0 Å². The SMILES string of the molecule is Cc1cc2c(C(N)c3cc(C(=N)NC(=O)c4ccccc4)ccc3OCc3ccccc3)ncnc2cc1C(=O)N1CCCC1. The predicted octanol–water partition coefficient (Wildman–Crippen LogP) is 5.56. The third-order valence-corrected chi connectivity index (χ3v) is 8.08. The highest BCUT2D eigenvalue weighted by Crippen LogP contribution is 2.33. The number of rotatable bonds is 8. The van der Waals surface area contributed by atoms with Gasteiger partial charge in [-0.05, 0) is 73.4 Å². The first-order chi connectivity index (χ1) is 21.9. The number of nitrogens with two attached hydrogens (primary N) is 1. The van der Waals surface area contributed by atoms with Gasteiger partial charge in [0.1, 0.15) is 24.5 Å². The van der Waals surface area contributed by atoms with Crippen LogP contribution in [0.2, 0.25) is 0 Å². The fraction of sp³-hybridized carbons (Fsp3) is 0.194. The van der Waals surface area contributed by atoms with Gasteiger partial charge >= 0.3 is 0 Å². The van der Waals surface area contributed by atoms with Crippen LogP contribution in [-0.4, -0.2) is 45.6 Å². The first-order valence-corrected chi connectivity index (χ1v) is 14.9. The fourth-order valence-electron chi connectivity index (χ4n) is 5.61. The van der Waals surface area contributed by atoms with Crippen LogP contribution < -0.4 is 15.8 Å². The lowest BCUT2D eigenvalue weighted by atomic mass is 9.95. The van der Waals surface area contributed by atoms with E-state index in [2.05, 4.69) is 15.3 Å². The Morgan fingerprint density at radius 1 is 0.933 bits per heavy atom. The summed E-state index contributed by atoms with van der Waals surface area (Å²) < 4.78 is 6.26. The third kappa shape index (κ3) is 6.44. The van der Waals surface area contributed by atoms with Crippen molar-refractivity contribution < 1.29 is 14.3 Å². The number of fused-ring (bicyclic) bond motifs is 1. The summed E-state index contributed by atoms with van der Waals surface area (Å²) in [5.41, 5.74) is 12.1. The van der Waals surface area contributed by atoms with E-state index in [4.69, 9.17) is 15.9 Å². The molecule has 5 aromatic rings. The van der Waals surface area contributed by atoms with Gasteiger partial charge in [-0.2, -0.15) is 0 Å². The van der Waals surface area contributed by atoms with Crippen LogP contribution in [0.25, 0.3) is 10.9 Å². The topological polar surface area (TPSA) is 134 Å². The molecule has 1 unspecified atom stereocenters. The van der Waals surface area contributed by atoms with Gasteiger partial charge < -0.3 is 20.7 Å². The van der Waals surface area contributed by atoms with Gasteiger partial charge in [0.15, 0.2) is 0 Å². The highest BCUT2D eigenvalue weighted by atomic mass is 16.5. The lowest BCUT2D eigenvalue weighted by Gasteiger charge is -2.21. The minimum atomic E-state index is -0.765. The Labute approximate surface area is 261 Å². The average molecular weight is 599 g/mol. The molecule has 9 heteroatoms. The number of amidine groups is 1. The maximum atomic E-state index is 13.2. The number of hydrogen-bond donors (Lipinski definition) is 3. The largest absolute Gasteiger partial charge is 0.489 e. The Morgan fingerprint density at radius 2 is 1.64 bits per heavy atom. The lowest BCUT2D eigenvalue weighted by Crippen LogP contribution is -2.30. The van der Waals surface area contributed by atoms with Crippen molar-refractivity contribution in [3.63, 3.8) is 0 Å². The number of aromatic nitrogens is 2. The molecular weight excluding hydrogens is 564 g/mol. The van der Waals surface area contributed by atoms with Crippen molar-refractivity contribution >= 4 is 28.6 Å². The van der Waals surface area contributed by atoms with Crippen molar-refractivity contribution in [2.24, 2.45) is 5.73 Å². The number of aryl methyl sites for hydroxylation is 1. The molecule has 0 saturated carbocycles. The Morgan fingerprint density at radius 3 is 2.38 bits per heavy atom. The van der Waals surface area contributed by atoms with Gasteiger partial charge in [-0.25, -0.2) is 9.97 Å². The molecule has 0 spiro atoms. The van der Waals surface area contributed by atoms with E-state index in [1.165, 1.54) is 6.33 Å². The maximum absolute atomic E-state index is 13.2. The first kappa shape index (κ1) is 29.7. The number of likely N-dealkylation sites (tertiary alicyclic amines) is 1. The van der Waals surface area contributed by atoms with E-state index in [0.717, 1.165) is 42.4 Å². The molecule has 4 aromatic carbocycles. The molecule has 1 saturated heterocycles. The number of nitrogens with zero attached hydrogens (tertiary/aromatic N) is 3. The van der Waals surface area contributed by atoms with Crippen LogP contribution in [0, 0.1) is 12.3 Å². The van der Waals surface area contributed by atoms with Gasteiger partial charge in [0, 0.05) is 40.7 Å². The molecular formula is C36H34N6O3. The molecule has 0 aliphatic carbocycles. The van der Waals surface area contributed by atoms with E-state index in [1.807, 2.05) is 60.4 Å². The summed E-state index contributed by atoms with van der Waals surface area (Å²) in [5.74, 6) is 0.0890. The summed E-state index contributed by atoms with van der Waals surface area (Å²) in [5, 5.41) is 12.1. The standard InChI is InChI=1S/C36H34N6O3/c1-23-18-28-30(20-27(23)36(44)42-16-8-9-17-42)39-22-40-33(28)32(37)29-19-26(34(38)41-35(43)25-12-6-3-7-13-25)14-15-31(29)45-21-24-10-4-2-5-11-24/h2-7,10-15,18-20,22,32H,8-9,16-17,21,37H2,1H3,(H2,38,41,43). The van der Waals surface area contributed by atoms with Gasteiger partial charge in [-0.1, -0.05) is 48.5 Å². The number of hydrogen-bond acceptors (Lipinski definition) is 7. The zero-order chi connectivity index (χ0) is 31.3. The van der Waals surface area contributed by atoms with E-state index in [0.29, 0.717) is 45.8 Å².